The summed E-state index contributed by atoms with van der Waals surface area (Å²) in [6.07, 6.45) is 0.261. The van der Waals surface area contributed by atoms with E-state index < -0.39 is 6.15 Å². The summed E-state index contributed by atoms with van der Waals surface area (Å²) in [4.78, 5) is 0. The Balaban J connectivity index is 1.59. The van der Waals surface area contributed by atoms with Crippen LogP contribution in [0.1, 0.15) is 24.0 Å². The van der Waals surface area contributed by atoms with Crippen molar-refractivity contribution in [1.29, 1.82) is 0 Å². The van der Waals surface area contributed by atoms with E-state index in [1.54, 1.807) is 0 Å². The molecule has 1 nitrogen and oxygen atoms in total. The van der Waals surface area contributed by atoms with Crippen molar-refractivity contribution in [3.8, 4) is 17.5 Å². The number of aryl methyl sites for hydroxylation is 2. The third kappa shape index (κ3) is 5.29. The van der Waals surface area contributed by atoms with Crippen molar-refractivity contribution >= 4 is 38.5 Å². The van der Waals surface area contributed by atoms with Crippen molar-refractivity contribution in [2.75, 3.05) is 6.61 Å². The maximum Gasteiger partial charge on any atom is 0.149 e. The van der Waals surface area contributed by atoms with Crippen LogP contribution in [0.4, 0.5) is 0 Å². The average Bonchev–Trinajstić information content (AvgIpc) is 2.88. The van der Waals surface area contributed by atoms with Crippen molar-refractivity contribution < 1.29 is 4.74 Å². The van der Waals surface area contributed by atoms with Gasteiger partial charge in [-0.3, -0.25) is 5.82 Å². The molecule has 0 aliphatic heterocycles. The van der Waals surface area contributed by atoms with Crippen LogP contribution in [0, 0.1) is 25.6 Å². The molecular formula is C31H29BBrO-. The van der Waals surface area contributed by atoms with Crippen LogP contribution in [-0.2, 0) is 0 Å². The third-order valence-corrected chi connectivity index (χ3v) is 7.59. The highest BCUT2D eigenvalue weighted by molar-refractivity contribution is 9.10. The predicted molar refractivity (Wildman–Crippen MR) is 150 cm³/mol. The van der Waals surface area contributed by atoms with Gasteiger partial charge in [-0.05, 0) is 43.5 Å². The maximum atomic E-state index is 6.03. The SMILES string of the molecule is Cc1cc(OCCCC#C[B-](c2ccccc2)(c2ccccc2)c2ccccc2)cc(C)c1Br. The molecule has 34 heavy (non-hydrogen) atoms. The molecule has 0 atom stereocenters. The summed E-state index contributed by atoms with van der Waals surface area (Å²) < 4.78 is 7.17. The lowest BCUT2D eigenvalue weighted by atomic mass is 9.16. The number of hydrogen-bond acceptors (Lipinski definition) is 1. The number of hydrogen-bond donors (Lipinski definition) is 0. The highest BCUT2D eigenvalue weighted by Crippen LogP contribution is 2.26. The number of ether oxygens (including phenoxy) is 1. The summed E-state index contributed by atoms with van der Waals surface area (Å²) in [5, 5.41) is 0. The topological polar surface area (TPSA) is 9.23 Å². The van der Waals surface area contributed by atoms with E-state index in [0.717, 1.165) is 23.1 Å². The number of halogens is 1. The van der Waals surface area contributed by atoms with Crippen molar-refractivity contribution in [3.63, 3.8) is 0 Å². The minimum atomic E-state index is -1.40. The van der Waals surface area contributed by atoms with Crippen LogP contribution in [0.15, 0.2) is 108 Å². The molecule has 0 N–H and O–H groups in total. The average molecular weight is 508 g/mol. The first-order chi connectivity index (χ1) is 16.6. The van der Waals surface area contributed by atoms with Gasteiger partial charge in [0.2, 0.25) is 0 Å². The van der Waals surface area contributed by atoms with Gasteiger partial charge in [0, 0.05) is 10.9 Å². The molecule has 0 radical (unpaired) electrons. The molecule has 0 bridgehead atoms. The van der Waals surface area contributed by atoms with E-state index in [2.05, 4.69) is 145 Å². The summed E-state index contributed by atoms with van der Waals surface area (Å²) in [5.74, 6) is 8.21. The molecule has 0 aliphatic carbocycles. The lowest BCUT2D eigenvalue weighted by Crippen LogP contribution is -2.66. The second-order valence-electron chi connectivity index (χ2n) is 8.74. The van der Waals surface area contributed by atoms with E-state index in [1.165, 1.54) is 27.5 Å². The van der Waals surface area contributed by atoms with E-state index in [9.17, 15) is 0 Å². The van der Waals surface area contributed by atoms with Gasteiger partial charge in [-0.25, -0.2) is 0 Å². The van der Waals surface area contributed by atoms with Gasteiger partial charge >= 0.3 is 0 Å². The zero-order valence-electron chi connectivity index (χ0n) is 19.8. The fourth-order valence-electron chi connectivity index (χ4n) is 4.62. The first-order valence-electron chi connectivity index (χ1n) is 11.8. The highest BCUT2D eigenvalue weighted by atomic mass is 79.9. The van der Waals surface area contributed by atoms with Crippen molar-refractivity contribution in [3.05, 3.63) is 119 Å². The fourth-order valence-corrected chi connectivity index (χ4v) is 4.85. The van der Waals surface area contributed by atoms with E-state index >= 15 is 0 Å². The Morgan fingerprint density at radius 1 is 0.706 bits per heavy atom. The van der Waals surface area contributed by atoms with Crippen molar-refractivity contribution in [1.82, 2.24) is 0 Å². The zero-order chi connectivity index (χ0) is 23.8. The molecule has 0 heterocycles. The summed E-state index contributed by atoms with van der Waals surface area (Å²) >= 11 is 3.62. The van der Waals surface area contributed by atoms with Crippen LogP contribution in [0.5, 0.6) is 5.75 Å². The molecule has 0 fully saturated rings. The van der Waals surface area contributed by atoms with Crippen LogP contribution in [0.25, 0.3) is 0 Å². The molecule has 0 aromatic heterocycles. The Labute approximate surface area is 212 Å². The zero-order valence-corrected chi connectivity index (χ0v) is 21.4. The lowest BCUT2D eigenvalue weighted by molar-refractivity contribution is 0.312. The normalized spacial score (nSPS) is 10.9. The second-order valence-corrected chi connectivity index (χ2v) is 9.54. The third-order valence-electron chi connectivity index (χ3n) is 6.34. The molecule has 0 saturated heterocycles. The second kappa shape index (κ2) is 11.3. The van der Waals surface area contributed by atoms with Gasteiger partial charge in [0.1, 0.15) is 11.9 Å². The smallest absolute Gasteiger partial charge is 0.149 e. The van der Waals surface area contributed by atoms with E-state index in [-0.39, 0.29) is 0 Å². The fraction of sp³-hybridized carbons (Fsp3) is 0.161. The largest absolute Gasteiger partial charge is 0.494 e. The Bertz CT molecular complexity index is 1160. The van der Waals surface area contributed by atoms with Gasteiger partial charge < -0.3 is 4.74 Å². The molecule has 4 aromatic carbocycles. The molecule has 3 heteroatoms. The minimum absolute atomic E-state index is 0.650. The van der Waals surface area contributed by atoms with Crippen molar-refractivity contribution in [2.45, 2.75) is 26.7 Å². The van der Waals surface area contributed by atoms with Gasteiger partial charge in [0.25, 0.3) is 0 Å². The molecule has 0 amide bonds. The molecule has 0 saturated carbocycles. The van der Waals surface area contributed by atoms with Crippen LogP contribution in [0.2, 0.25) is 0 Å². The molecule has 4 rings (SSSR count). The summed E-state index contributed by atoms with van der Waals surface area (Å²) in [6, 6.07) is 36.2. The maximum absolute atomic E-state index is 6.03. The molecule has 4 aromatic rings. The molecule has 0 aliphatic rings. The minimum Gasteiger partial charge on any atom is -0.494 e. The van der Waals surface area contributed by atoms with E-state index in [4.69, 9.17) is 4.74 Å². The molecule has 0 unspecified atom stereocenters. The Kier molecular flexibility index (Phi) is 7.93. The van der Waals surface area contributed by atoms with Crippen LogP contribution in [0.3, 0.4) is 0 Å². The summed E-state index contributed by atoms with van der Waals surface area (Å²) in [6.45, 7) is 4.83. The standard InChI is InChI=1S/C31H29BBrO/c1-25-23-30(24-26(2)31(25)33)34-22-14-6-13-21-32(27-15-7-3-8-16-27,28-17-9-4-10-18-28)29-19-11-5-12-20-29/h3-5,7-12,15-20,23-24H,6,14,22H2,1-2H3/q-1. The number of unbranched alkanes of at least 4 members (excludes halogenated alkanes) is 1. The first kappa shape index (κ1) is 23.9. The Morgan fingerprint density at radius 2 is 1.15 bits per heavy atom. The van der Waals surface area contributed by atoms with E-state index in [0.29, 0.717) is 6.61 Å². The van der Waals surface area contributed by atoms with Crippen LogP contribution in [-0.4, -0.2) is 12.8 Å². The summed E-state index contributed by atoms with van der Waals surface area (Å²) in [7, 11) is 0. The molecule has 170 valence electrons. The number of rotatable bonds is 7. The molecule has 0 spiro atoms. The molecular weight excluding hydrogens is 479 g/mol. The van der Waals surface area contributed by atoms with Gasteiger partial charge in [-0.15, -0.1) is 5.92 Å². The first-order valence-corrected chi connectivity index (χ1v) is 12.6. The van der Waals surface area contributed by atoms with Crippen molar-refractivity contribution in [2.24, 2.45) is 0 Å². The van der Waals surface area contributed by atoms with Crippen LogP contribution >= 0.6 is 15.9 Å². The van der Waals surface area contributed by atoms with Gasteiger partial charge in [0.15, 0.2) is 0 Å². The predicted octanol–water partition coefficient (Wildman–Crippen LogP) is 5.94. The quantitative estimate of drug-likeness (QED) is 0.171. The van der Waals surface area contributed by atoms with Gasteiger partial charge in [-0.1, -0.05) is 107 Å². The number of benzene rings is 4. The lowest BCUT2D eigenvalue weighted by Gasteiger charge is -2.38. The highest BCUT2D eigenvalue weighted by Gasteiger charge is 2.27. The Morgan fingerprint density at radius 3 is 1.59 bits per heavy atom. The summed E-state index contributed by atoms with van der Waals surface area (Å²) in [5.41, 5.74) is 6.10. The van der Waals surface area contributed by atoms with Crippen LogP contribution < -0.4 is 21.1 Å². The van der Waals surface area contributed by atoms with E-state index in [1.807, 2.05) is 0 Å². The Hall–Kier alpha value is -3.22. The monoisotopic (exact) mass is 507 g/mol. The van der Waals surface area contributed by atoms with Gasteiger partial charge in [0.05, 0.1) is 6.61 Å². The van der Waals surface area contributed by atoms with Gasteiger partial charge in [-0.2, -0.15) is 16.4 Å².